The first kappa shape index (κ1) is 22.6. The Morgan fingerprint density at radius 3 is 2.43 bits per heavy atom. The Hall–Kier alpha value is -1.66. The first-order valence-electron chi connectivity index (χ1n) is 9.61. The van der Waals surface area contributed by atoms with Crippen molar-refractivity contribution in [2.75, 3.05) is 39.0 Å². The maximum absolute atomic E-state index is 12.9. The molecule has 156 valence electrons. The molecule has 6 nitrogen and oxygen atoms in total. The molecule has 1 aromatic rings. The summed E-state index contributed by atoms with van der Waals surface area (Å²) in [5, 5.41) is 0.337. The van der Waals surface area contributed by atoms with Gasteiger partial charge in [0.1, 0.15) is 5.75 Å². The maximum Gasteiger partial charge on any atom is 0.257 e. The number of rotatable bonds is 3. The van der Waals surface area contributed by atoms with E-state index in [9.17, 15) is 9.59 Å². The number of likely N-dealkylation sites (tertiary alicyclic amines) is 2. The molecule has 0 bridgehead atoms. The van der Waals surface area contributed by atoms with Crippen LogP contribution in [0.5, 0.6) is 5.75 Å². The van der Waals surface area contributed by atoms with Crippen LogP contribution < -0.4 is 10.5 Å². The predicted molar refractivity (Wildman–Crippen MR) is 113 cm³/mol. The smallest absolute Gasteiger partial charge is 0.257 e. The van der Waals surface area contributed by atoms with E-state index >= 15 is 0 Å². The van der Waals surface area contributed by atoms with Crippen LogP contribution in [-0.4, -0.2) is 54.9 Å². The van der Waals surface area contributed by atoms with Gasteiger partial charge in [0.2, 0.25) is 5.91 Å². The Morgan fingerprint density at radius 1 is 1.14 bits per heavy atom. The number of carbonyl (C=O) groups excluding carboxylic acids is 2. The lowest BCUT2D eigenvalue weighted by molar-refractivity contribution is -0.138. The number of methoxy groups -OCH3 is 1. The van der Waals surface area contributed by atoms with Crippen LogP contribution in [-0.2, 0) is 4.79 Å². The largest absolute Gasteiger partial charge is 0.496 e. The summed E-state index contributed by atoms with van der Waals surface area (Å²) in [5.74, 6) is 1.12. The molecule has 3 rings (SSSR count). The quantitative estimate of drug-likeness (QED) is 0.746. The number of nitrogens with zero attached hydrogens (tertiary/aromatic N) is 2. The van der Waals surface area contributed by atoms with E-state index in [0.717, 1.165) is 19.5 Å². The highest BCUT2D eigenvalue weighted by molar-refractivity contribution is 6.33. The van der Waals surface area contributed by atoms with Crippen LogP contribution in [0.2, 0.25) is 5.02 Å². The minimum atomic E-state index is -0.133. The number of halogens is 2. The molecule has 1 atom stereocenters. The molecule has 0 spiro atoms. The summed E-state index contributed by atoms with van der Waals surface area (Å²) in [7, 11) is 1.50. The first-order chi connectivity index (χ1) is 12.9. The number of nitrogen functional groups attached to an aromatic ring is 1. The number of hydrogen-bond acceptors (Lipinski definition) is 4. The summed E-state index contributed by atoms with van der Waals surface area (Å²) in [4.78, 5) is 29.5. The highest BCUT2D eigenvalue weighted by atomic mass is 35.5. The number of amides is 2. The molecule has 2 aliphatic rings. The van der Waals surface area contributed by atoms with Gasteiger partial charge in [-0.15, -0.1) is 12.4 Å². The van der Waals surface area contributed by atoms with Crippen molar-refractivity contribution < 1.29 is 14.3 Å². The van der Waals surface area contributed by atoms with Gasteiger partial charge in [-0.2, -0.15) is 0 Å². The predicted octanol–water partition coefficient (Wildman–Crippen LogP) is 3.46. The third kappa shape index (κ3) is 4.84. The fourth-order valence-corrected chi connectivity index (χ4v) is 4.22. The van der Waals surface area contributed by atoms with Crippen molar-refractivity contribution in [3.8, 4) is 5.75 Å². The fourth-order valence-electron chi connectivity index (χ4n) is 4.05. The van der Waals surface area contributed by atoms with Crippen LogP contribution in [0, 0.1) is 11.8 Å². The van der Waals surface area contributed by atoms with Gasteiger partial charge in [-0.3, -0.25) is 9.59 Å². The van der Waals surface area contributed by atoms with Crippen molar-refractivity contribution in [2.45, 2.75) is 32.6 Å². The minimum absolute atomic E-state index is 0. The minimum Gasteiger partial charge on any atom is -0.496 e. The van der Waals surface area contributed by atoms with E-state index in [1.54, 1.807) is 17.0 Å². The summed E-state index contributed by atoms with van der Waals surface area (Å²) in [6.45, 7) is 5.04. The summed E-state index contributed by atoms with van der Waals surface area (Å²) in [5.41, 5.74) is 6.59. The molecule has 0 radical (unpaired) electrons. The van der Waals surface area contributed by atoms with Gasteiger partial charge in [0.25, 0.3) is 5.91 Å². The van der Waals surface area contributed by atoms with Gasteiger partial charge in [-0.05, 0) is 37.7 Å². The third-order valence-electron chi connectivity index (χ3n) is 5.65. The van der Waals surface area contributed by atoms with Gasteiger partial charge in [0.15, 0.2) is 0 Å². The summed E-state index contributed by atoms with van der Waals surface area (Å²) >= 11 is 6.09. The Labute approximate surface area is 177 Å². The molecule has 8 heteroatoms. The van der Waals surface area contributed by atoms with E-state index in [4.69, 9.17) is 22.1 Å². The number of hydrogen-bond donors (Lipinski definition) is 1. The Bertz CT molecular complexity index is 721. The van der Waals surface area contributed by atoms with Crippen molar-refractivity contribution in [3.63, 3.8) is 0 Å². The highest BCUT2D eigenvalue weighted by Crippen LogP contribution is 2.31. The lowest BCUT2D eigenvalue weighted by Gasteiger charge is -2.37. The molecule has 2 saturated heterocycles. The zero-order valence-electron chi connectivity index (χ0n) is 16.4. The Morgan fingerprint density at radius 2 is 1.82 bits per heavy atom. The topological polar surface area (TPSA) is 75.9 Å². The van der Waals surface area contributed by atoms with Crippen LogP contribution in [0.15, 0.2) is 12.1 Å². The van der Waals surface area contributed by atoms with E-state index < -0.39 is 0 Å². The summed E-state index contributed by atoms with van der Waals surface area (Å²) < 4.78 is 5.29. The second-order valence-electron chi connectivity index (χ2n) is 7.67. The van der Waals surface area contributed by atoms with Crippen molar-refractivity contribution in [1.29, 1.82) is 0 Å². The molecule has 1 unspecified atom stereocenters. The molecule has 2 aliphatic heterocycles. The average Bonchev–Trinajstić information content (AvgIpc) is 2.68. The van der Waals surface area contributed by atoms with E-state index in [1.165, 1.54) is 13.5 Å². The van der Waals surface area contributed by atoms with E-state index in [0.29, 0.717) is 53.9 Å². The van der Waals surface area contributed by atoms with Crippen LogP contribution in [0.4, 0.5) is 5.69 Å². The number of piperidine rings is 2. The molecule has 2 fully saturated rings. The normalized spacial score (nSPS) is 20.5. The maximum atomic E-state index is 12.9. The van der Waals surface area contributed by atoms with Crippen LogP contribution in [0.25, 0.3) is 0 Å². The van der Waals surface area contributed by atoms with E-state index in [-0.39, 0.29) is 30.1 Å². The second-order valence-corrected chi connectivity index (χ2v) is 8.08. The van der Waals surface area contributed by atoms with Gasteiger partial charge >= 0.3 is 0 Å². The van der Waals surface area contributed by atoms with E-state index in [2.05, 4.69) is 6.92 Å². The van der Waals surface area contributed by atoms with Gasteiger partial charge in [0, 0.05) is 38.2 Å². The molecule has 2 amide bonds. The molecule has 0 aromatic heterocycles. The molecule has 28 heavy (non-hydrogen) atoms. The van der Waals surface area contributed by atoms with Crippen molar-refractivity contribution in [1.82, 2.24) is 9.80 Å². The number of benzene rings is 1. The second kappa shape index (κ2) is 9.70. The standard InChI is InChI=1S/C20H28ClN3O3.ClH/c1-13-4-3-7-24(12-13)19(25)14-5-8-23(9-6-14)20(26)15-10-16(21)17(22)11-18(15)27-2;/h10-11,13-14H,3-9,12,22H2,1-2H3;1H. The zero-order valence-corrected chi connectivity index (χ0v) is 18.0. The molecule has 0 saturated carbocycles. The van der Waals surface area contributed by atoms with Gasteiger partial charge < -0.3 is 20.3 Å². The summed E-state index contributed by atoms with van der Waals surface area (Å²) in [6, 6.07) is 3.13. The fraction of sp³-hybridized carbons (Fsp3) is 0.600. The SMILES string of the molecule is COc1cc(N)c(Cl)cc1C(=O)N1CCC(C(=O)N2CCCC(C)C2)CC1.Cl. The molecule has 2 heterocycles. The van der Waals surface area contributed by atoms with Gasteiger partial charge in [0.05, 0.1) is 23.4 Å². The number of anilines is 1. The van der Waals surface area contributed by atoms with E-state index in [1.807, 2.05) is 4.90 Å². The average molecular weight is 430 g/mol. The third-order valence-corrected chi connectivity index (χ3v) is 5.98. The first-order valence-corrected chi connectivity index (χ1v) is 9.99. The lowest BCUT2D eigenvalue weighted by atomic mass is 9.92. The number of carbonyl (C=O) groups is 2. The van der Waals surface area contributed by atoms with Crippen molar-refractivity contribution in [2.24, 2.45) is 11.8 Å². The Balaban J connectivity index is 0.00000280. The molecular weight excluding hydrogens is 401 g/mol. The number of ether oxygens (including phenoxy) is 1. The van der Waals surface area contributed by atoms with Crippen molar-refractivity contribution >= 4 is 41.5 Å². The molecule has 1 aromatic carbocycles. The lowest BCUT2D eigenvalue weighted by Crippen LogP contribution is -2.47. The van der Waals surface area contributed by atoms with Crippen LogP contribution in [0.3, 0.4) is 0 Å². The Kier molecular flexibility index (Phi) is 7.84. The molecular formula is C20H29Cl2N3O3. The van der Waals surface area contributed by atoms with Gasteiger partial charge in [-0.1, -0.05) is 18.5 Å². The summed E-state index contributed by atoms with van der Waals surface area (Å²) in [6.07, 6.45) is 3.67. The van der Waals surface area contributed by atoms with Crippen LogP contribution >= 0.6 is 24.0 Å². The van der Waals surface area contributed by atoms with Crippen molar-refractivity contribution in [3.05, 3.63) is 22.7 Å². The molecule has 2 N–H and O–H groups in total. The highest BCUT2D eigenvalue weighted by Gasteiger charge is 2.32. The monoisotopic (exact) mass is 429 g/mol. The van der Waals surface area contributed by atoms with Gasteiger partial charge in [-0.25, -0.2) is 0 Å². The number of nitrogens with two attached hydrogens (primary N) is 1. The zero-order chi connectivity index (χ0) is 19.6. The molecule has 0 aliphatic carbocycles. The van der Waals surface area contributed by atoms with Crippen LogP contribution in [0.1, 0.15) is 43.0 Å².